The fourth-order valence-corrected chi connectivity index (χ4v) is 5.33. The normalized spacial score (nSPS) is 35.9. The lowest BCUT2D eigenvalue weighted by Crippen LogP contribution is -2.57. The summed E-state index contributed by atoms with van der Waals surface area (Å²) in [4.78, 5) is 2.66. The van der Waals surface area contributed by atoms with Crippen molar-refractivity contribution in [3.05, 3.63) is 24.3 Å². The lowest BCUT2D eigenvalue weighted by molar-refractivity contribution is 0.128. The fourth-order valence-electron chi connectivity index (χ4n) is 5.33. The smallest absolute Gasteiger partial charge is 0.138 e. The summed E-state index contributed by atoms with van der Waals surface area (Å²) in [6.07, 6.45) is 12.4. The van der Waals surface area contributed by atoms with Crippen molar-refractivity contribution >= 4 is 5.69 Å². The van der Waals surface area contributed by atoms with E-state index in [1.54, 1.807) is 0 Å². The molecule has 1 aromatic carbocycles. The average Bonchev–Trinajstić information content (AvgIpc) is 2.53. The molecule has 1 N–H and O–H groups in total. The standard InChI is InChI=1S/C19H27NO/c21-19-12-6-5-11-18(19)20-16-9-3-1-7-14(16)13-15-8-2-4-10-17(15)20/h5-6,11-12,14-17,21H,1-4,7-10,13H2. The Kier molecular flexibility index (Phi) is 3.56. The summed E-state index contributed by atoms with van der Waals surface area (Å²) in [5.74, 6) is 2.20. The van der Waals surface area contributed by atoms with E-state index in [2.05, 4.69) is 17.0 Å². The Hall–Kier alpha value is -1.18. The first-order valence-electron chi connectivity index (χ1n) is 8.91. The zero-order valence-electron chi connectivity index (χ0n) is 12.9. The van der Waals surface area contributed by atoms with Crippen LogP contribution in [0.1, 0.15) is 57.8 Å². The summed E-state index contributed by atoms with van der Waals surface area (Å²) in [6.45, 7) is 0. The molecule has 4 rings (SSSR count). The van der Waals surface area contributed by atoms with Crippen LogP contribution in [0, 0.1) is 11.8 Å². The number of phenols is 1. The Morgan fingerprint density at radius 2 is 1.38 bits per heavy atom. The van der Waals surface area contributed by atoms with Crippen LogP contribution in [0.3, 0.4) is 0 Å². The van der Waals surface area contributed by atoms with E-state index in [0.29, 0.717) is 17.8 Å². The molecule has 1 saturated heterocycles. The zero-order valence-corrected chi connectivity index (χ0v) is 12.9. The minimum Gasteiger partial charge on any atom is -0.506 e. The number of hydrogen-bond donors (Lipinski definition) is 1. The molecule has 3 aliphatic rings. The van der Waals surface area contributed by atoms with E-state index in [4.69, 9.17) is 0 Å². The summed E-state index contributed by atoms with van der Waals surface area (Å²) < 4.78 is 0. The number of fused-ring (bicyclic) bond motifs is 2. The molecule has 1 aliphatic heterocycles. The van der Waals surface area contributed by atoms with Crippen LogP contribution in [0.4, 0.5) is 5.69 Å². The van der Waals surface area contributed by atoms with Gasteiger partial charge in [-0.1, -0.05) is 37.8 Å². The van der Waals surface area contributed by atoms with Crippen molar-refractivity contribution in [3.8, 4) is 5.75 Å². The molecule has 2 aliphatic carbocycles. The lowest BCUT2D eigenvalue weighted by atomic mass is 9.67. The molecule has 21 heavy (non-hydrogen) atoms. The molecule has 4 atom stereocenters. The number of anilines is 1. The van der Waals surface area contributed by atoms with Crippen molar-refractivity contribution in [2.45, 2.75) is 69.9 Å². The van der Waals surface area contributed by atoms with E-state index in [1.165, 1.54) is 57.8 Å². The molecule has 3 fully saturated rings. The van der Waals surface area contributed by atoms with Gasteiger partial charge in [-0.25, -0.2) is 0 Å². The van der Waals surface area contributed by atoms with Gasteiger partial charge in [0.2, 0.25) is 0 Å². The van der Waals surface area contributed by atoms with Gasteiger partial charge in [-0.2, -0.15) is 0 Å². The van der Waals surface area contributed by atoms with Crippen LogP contribution < -0.4 is 4.90 Å². The van der Waals surface area contributed by atoms with Crippen LogP contribution in [0.5, 0.6) is 5.75 Å². The maximum Gasteiger partial charge on any atom is 0.138 e. The van der Waals surface area contributed by atoms with Crippen LogP contribution in [0.2, 0.25) is 0 Å². The van der Waals surface area contributed by atoms with Gasteiger partial charge in [0.25, 0.3) is 0 Å². The first-order valence-corrected chi connectivity index (χ1v) is 8.91. The van der Waals surface area contributed by atoms with Crippen LogP contribution in [0.15, 0.2) is 24.3 Å². The molecule has 0 aromatic heterocycles. The second kappa shape index (κ2) is 5.55. The van der Waals surface area contributed by atoms with Gasteiger partial charge in [-0.15, -0.1) is 0 Å². The van der Waals surface area contributed by atoms with E-state index >= 15 is 0 Å². The van der Waals surface area contributed by atoms with Gasteiger partial charge in [0.05, 0.1) is 5.69 Å². The molecule has 1 aromatic rings. The third kappa shape index (κ3) is 2.33. The molecule has 0 amide bonds. The van der Waals surface area contributed by atoms with Gasteiger partial charge in [-0.3, -0.25) is 0 Å². The van der Waals surface area contributed by atoms with E-state index < -0.39 is 0 Å². The highest BCUT2D eigenvalue weighted by molar-refractivity contribution is 5.59. The summed E-state index contributed by atoms with van der Waals surface area (Å²) >= 11 is 0. The minimum absolute atomic E-state index is 0.480. The minimum atomic E-state index is 0.480. The second-order valence-corrected chi connectivity index (χ2v) is 7.36. The first kappa shape index (κ1) is 13.5. The van der Waals surface area contributed by atoms with Gasteiger partial charge < -0.3 is 10.0 Å². The van der Waals surface area contributed by atoms with Crippen LogP contribution in [-0.4, -0.2) is 17.2 Å². The van der Waals surface area contributed by atoms with E-state index in [-0.39, 0.29) is 0 Å². The van der Waals surface area contributed by atoms with Crippen molar-refractivity contribution < 1.29 is 5.11 Å². The molecule has 0 bridgehead atoms. The monoisotopic (exact) mass is 285 g/mol. The van der Waals surface area contributed by atoms with Gasteiger partial charge in [0.1, 0.15) is 5.75 Å². The van der Waals surface area contributed by atoms with Crippen LogP contribution in [-0.2, 0) is 0 Å². The largest absolute Gasteiger partial charge is 0.506 e. The predicted molar refractivity (Wildman–Crippen MR) is 86.7 cm³/mol. The summed E-state index contributed by atoms with van der Waals surface area (Å²) in [7, 11) is 0. The third-order valence-electron chi connectivity index (χ3n) is 6.22. The quantitative estimate of drug-likeness (QED) is 0.807. The number of aromatic hydroxyl groups is 1. The Balaban J connectivity index is 1.73. The van der Waals surface area contributed by atoms with Crippen LogP contribution in [0.25, 0.3) is 0 Å². The van der Waals surface area contributed by atoms with Gasteiger partial charge >= 0.3 is 0 Å². The summed E-state index contributed by atoms with van der Waals surface area (Å²) in [5.41, 5.74) is 1.10. The highest BCUT2D eigenvalue weighted by atomic mass is 16.3. The maximum atomic E-state index is 10.4. The molecule has 2 nitrogen and oxygen atoms in total. The molecule has 2 saturated carbocycles. The van der Waals surface area contributed by atoms with E-state index in [1.807, 2.05) is 12.1 Å². The topological polar surface area (TPSA) is 23.5 Å². The summed E-state index contributed by atoms with van der Waals surface area (Å²) in [5, 5.41) is 10.4. The molecular weight excluding hydrogens is 258 g/mol. The molecule has 2 heteroatoms. The van der Waals surface area contributed by atoms with Crippen molar-refractivity contribution in [1.29, 1.82) is 0 Å². The number of para-hydroxylation sites is 2. The zero-order chi connectivity index (χ0) is 14.2. The highest BCUT2D eigenvalue weighted by Crippen LogP contribution is 2.48. The van der Waals surface area contributed by atoms with Gasteiger partial charge in [0.15, 0.2) is 0 Å². The van der Waals surface area contributed by atoms with Crippen molar-refractivity contribution in [1.82, 2.24) is 0 Å². The Morgan fingerprint density at radius 3 is 2.00 bits per heavy atom. The van der Waals surface area contributed by atoms with E-state index in [9.17, 15) is 5.11 Å². The first-order chi connectivity index (χ1) is 10.3. The molecular formula is C19H27NO. The molecule has 4 unspecified atom stereocenters. The molecule has 114 valence electrons. The number of benzene rings is 1. The predicted octanol–water partition coefficient (Wildman–Crippen LogP) is 4.72. The Bertz CT molecular complexity index is 478. The van der Waals surface area contributed by atoms with Crippen molar-refractivity contribution in [2.75, 3.05) is 4.90 Å². The lowest BCUT2D eigenvalue weighted by Gasteiger charge is -2.55. The van der Waals surface area contributed by atoms with Gasteiger partial charge in [-0.05, 0) is 56.1 Å². The molecule has 1 heterocycles. The number of nitrogens with zero attached hydrogens (tertiary/aromatic N) is 1. The SMILES string of the molecule is Oc1ccccc1N1C2CCCCC2CC2CCCCC21. The fraction of sp³-hybridized carbons (Fsp3) is 0.684. The van der Waals surface area contributed by atoms with Gasteiger partial charge in [0, 0.05) is 12.1 Å². The molecule has 0 spiro atoms. The van der Waals surface area contributed by atoms with E-state index in [0.717, 1.165) is 17.5 Å². The third-order valence-corrected chi connectivity index (χ3v) is 6.22. The number of piperidine rings is 1. The summed E-state index contributed by atoms with van der Waals surface area (Å²) in [6, 6.07) is 9.37. The number of rotatable bonds is 1. The second-order valence-electron chi connectivity index (χ2n) is 7.36. The number of phenolic OH excluding ortho intramolecular Hbond substituents is 1. The Labute approximate surface area is 128 Å². The Morgan fingerprint density at radius 1 is 0.810 bits per heavy atom. The maximum absolute atomic E-state index is 10.4. The van der Waals surface area contributed by atoms with Crippen molar-refractivity contribution in [3.63, 3.8) is 0 Å². The molecule has 0 radical (unpaired) electrons. The van der Waals surface area contributed by atoms with Crippen LogP contribution >= 0.6 is 0 Å². The van der Waals surface area contributed by atoms with Crippen molar-refractivity contribution in [2.24, 2.45) is 11.8 Å². The average molecular weight is 285 g/mol. The highest BCUT2D eigenvalue weighted by Gasteiger charge is 2.44. The number of hydrogen-bond acceptors (Lipinski definition) is 2.